The molecule has 3 rings (SSSR count). The number of nitrogens with zero attached hydrogens (tertiary/aromatic N) is 2. The topological polar surface area (TPSA) is 65.8 Å². The van der Waals surface area contributed by atoms with Gasteiger partial charge in [0.2, 0.25) is 5.91 Å². The Hall–Kier alpha value is -3.23. The van der Waals surface area contributed by atoms with Crippen molar-refractivity contribution in [2.45, 2.75) is 26.7 Å². The van der Waals surface area contributed by atoms with Crippen LogP contribution in [0.4, 0.5) is 5.00 Å². The highest BCUT2D eigenvalue weighted by molar-refractivity contribution is 7.17. The van der Waals surface area contributed by atoms with Crippen LogP contribution < -0.4 is 5.32 Å². The van der Waals surface area contributed by atoms with E-state index in [0.29, 0.717) is 21.3 Å². The van der Waals surface area contributed by atoms with Crippen LogP contribution in [0.3, 0.4) is 0 Å². The van der Waals surface area contributed by atoms with Gasteiger partial charge in [0, 0.05) is 18.4 Å². The van der Waals surface area contributed by atoms with Crippen molar-refractivity contribution in [1.29, 1.82) is 5.26 Å². The fraction of sp³-hybridized carbons (Fsp3) is 0.174. The Kier molecular flexibility index (Phi) is 6.03. The molecule has 1 amide bonds. The lowest BCUT2D eigenvalue weighted by Crippen LogP contribution is -2.05. The number of hydrogen-bond donors (Lipinski definition) is 1. The monoisotopic (exact) mass is 387 g/mol. The van der Waals surface area contributed by atoms with Crippen molar-refractivity contribution in [2.75, 3.05) is 5.32 Å². The normalized spacial score (nSPS) is 12.3. The van der Waals surface area contributed by atoms with E-state index in [9.17, 15) is 10.1 Å². The van der Waals surface area contributed by atoms with Crippen molar-refractivity contribution in [3.05, 3.63) is 76.8 Å². The summed E-state index contributed by atoms with van der Waals surface area (Å²) in [6.45, 7) is 5.54. The van der Waals surface area contributed by atoms with Gasteiger partial charge in [-0.05, 0) is 12.5 Å². The third-order valence-corrected chi connectivity index (χ3v) is 5.34. The molecule has 28 heavy (non-hydrogen) atoms. The lowest BCUT2D eigenvalue weighted by atomic mass is 9.99. The molecule has 0 fully saturated rings. The Balaban J connectivity index is 2.02. The van der Waals surface area contributed by atoms with E-state index in [1.807, 2.05) is 67.6 Å². The number of hydrogen-bond acceptors (Lipinski definition) is 4. The highest BCUT2D eigenvalue weighted by Gasteiger charge is 2.17. The molecule has 1 heterocycles. The fourth-order valence-electron chi connectivity index (χ4n) is 2.85. The van der Waals surface area contributed by atoms with Crippen molar-refractivity contribution in [1.82, 2.24) is 4.98 Å². The Labute approximate surface area is 169 Å². The van der Waals surface area contributed by atoms with E-state index >= 15 is 0 Å². The van der Waals surface area contributed by atoms with Gasteiger partial charge in [-0.15, -0.1) is 0 Å². The molecule has 0 aliphatic carbocycles. The molecule has 0 spiro atoms. The van der Waals surface area contributed by atoms with Crippen LogP contribution in [-0.4, -0.2) is 10.9 Å². The average molecular weight is 388 g/mol. The van der Waals surface area contributed by atoms with E-state index in [0.717, 1.165) is 16.7 Å². The quantitative estimate of drug-likeness (QED) is 0.564. The maximum absolute atomic E-state index is 11.7. The Bertz CT molecular complexity index is 1040. The fourth-order valence-corrected chi connectivity index (χ4v) is 3.86. The third kappa shape index (κ3) is 4.54. The van der Waals surface area contributed by atoms with Crippen LogP contribution in [0.5, 0.6) is 0 Å². The molecular formula is C23H21N3OS. The van der Waals surface area contributed by atoms with Crippen LogP contribution >= 0.6 is 11.3 Å². The first-order valence-electron chi connectivity index (χ1n) is 9.00. The van der Waals surface area contributed by atoms with Crippen LogP contribution in [0.25, 0.3) is 16.8 Å². The second kappa shape index (κ2) is 8.64. The first kappa shape index (κ1) is 19.5. The Morgan fingerprint density at radius 1 is 1.18 bits per heavy atom. The van der Waals surface area contributed by atoms with Crippen LogP contribution in [0, 0.1) is 18.3 Å². The predicted octanol–water partition coefficient (Wildman–Crippen LogP) is 5.79. The first-order valence-corrected chi connectivity index (χ1v) is 9.82. The number of aryl methyl sites for hydroxylation is 1. The number of allylic oxidation sites excluding steroid dienone is 2. The Morgan fingerprint density at radius 3 is 2.46 bits per heavy atom. The molecule has 2 aromatic carbocycles. The number of carbonyl (C=O) groups is 1. The smallest absolute Gasteiger partial charge is 0.221 e. The average Bonchev–Trinajstić information content (AvgIpc) is 3.10. The summed E-state index contributed by atoms with van der Waals surface area (Å²) in [5, 5.41) is 13.8. The number of rotatable bonds is 5. The van der Waals surface area contributed by atoms with Crippen molar-refractivity contribution in [3.63, 3.8) is 0 Å². The van der Waals surface area contributed by atoms with Gasteiger partial charge in [-0.2, -0.15) is 5.26 Å². The zero-order valence-corrected chi connectivity index (χ0v) is 16.9. The minimum absolute atomic E-state index is 0.0757. The van der Waals surface area contributed by atoms with Crippen molar-refractivity contribution in [3.8, 4) is 17.3 Å². The van der Waals surface area contributed by atoms with E-state index in [1.165, 1.54) is 18.3 Å². The molecule has 0 unspecified atom stereocenters. The maximum atomic E-state index is 11.7. The number of amides is 1. The van der Waals surface area contributed by atoms with E-state index in [1.54, 1.807) is 0 Å². The number of aromatic nitrogens is 1. The molecule has 0 aliphatic heterocycles. The second-order valence-corrected chi connectivity index (χ2v) is 7.63. The van der Waals surface area contributed by atoms with Gasteiger partial charge in [0.1, 0.15) is 21.8 Å². The molecular weight excluding hydrogens is 366 g/mol. The molecule has 0 saturated carbocycles. The maximum Gasteiger partial charge on any atom is 0.221 e. The highest BCUT2D eigenvalue weighted by atomic mass is 32.1. The summed E-state index contributed by atoms with van der Waals surface area (Å²) in [6.07, 6.45) is 1.92. The summed E-state index contributed by atoms with van der Waals surface area (Å²) < 4.78 is 0. The molecule has 5 heteroatoms. The van der Waals surface area contributed by atoms with Gasteiger partial charge in [-0.25, -0.2) is 4.98 Å². The SMILES string of the molecule is CC(=O)Nc1sc(/C(C#N)=C/[C@H](C)c2ccccc2)nc1-c1ccc(C)cc1. The van der Waals surface area contributed by atoms with E-state index < -0.39 is 0 Å². The number of nitrogens with one attached hydrogen (secondary N) is 1. The van der Waals surface area contributed by atoms with E-state index in [4.69, 9.17) is 4.98 Å². The van der Waals surface area contributed by atoms with Crippen molar-refractivity contribution in [2.24, 2.45) is 0 Å². The number of thiazole rings is 1. The number of benzene rings is 2. The number of nitriles is 1. The second-order valence-electron chi connectivity index (χ2n) is 6.64. The predicted molar refractivity (Wildman–Crippen MR) is 115 cm³/mol. The van der Waals surface area contributed by atoms with Crippen LogP contribution in [-0.2, 0) is 4.79 Å². The van der Waals surface area contributed by atoms with Gasteiger partial charge in [0.15, 0.2) is 0 Å². The molecule has 0 aliphatic rings. The molecule has 1 atom stereocenters. The molecule has 3 aromatic rings. The summed E-state index contributed by atoms with van der Waals surface area (Å²) >= 11 is 1.32. The molecule has 0 radical (unpaired) electrons. The standard InChI is InChI=1S/C23H21N3OS/c1-15-9-11-19(12-10-15)21-23(25-17(3)27)28-22(26-21)20(14-24)13-16(2)18-7-5-4-6-8-18/h4-13,16H,1-3H3,(H,25,27)/b20-13+/t16-/m0/s1. The van der Waals surface area contributed by atoms with E-state index in [-0.39, 0.29) is 11.8 Å². The Morgan fingerprint density at radius 2 is 1.86 bits per heavy atom. The van der Waals surface area contributed by atoms with Gasteiger partial charge < -0.3 is 5.32 Å². The molecule has 1 aromatic heterocycles. The number of anilines is 1. The minimum atomic E-state index is -0.163. The van der Waals surface area contributed by atoms with Gasteiger partial charge in [-0.1, -0.05) is 84.5 Å². The van der Waals surface area contributed by atoms with Gasteiger partial charge in [-0.3, -0.25) is 4.79 Å². The van der Waals surface area contributed by atoms with Crippen molar-refractivity contribution >= 4 is 27.8 Å². The molecule has 140 valence electrons. The molecule has 4 nitrogen and oxygen atoms in total. The third-order valence-electron chi connectivity index (χ3n) is 4.33. The molecule has 1 N–H and O–H groups in total. The largest absolute Gasteiger partial charge is 0.316 e. The molecule has 0 bridgehead atoms. The van der Waals surface area contributed by atoms with Gasteiger partial charge in [0.05, 0.1) is 5.57 Å². The van der Waals surface area contributed by atoms with Gasteiger partial charge in [0.25, 0.3) is 0 Å². The van der Waals surface area contributed by atoms with Crippen LogP contribution in [0.2, 0.25) is 0 Å². The highest BCUT2D eigenvalue weighted by Crippen LogP contribution is 2.37. The first-order chi connectivity index (χ1) is 13.5. The lowest BCUT2D eigenvalue weighted by molar-refractivity contribution is -0.114. The van der Waals surface area contributed by atoms with Crippen molar-refractivity contribution < 1.29 is 4.79 Å². The summed E-state index contributed by atoms with van der Waals surface area (Å²) in [5.74, 6) is -0.0875. The summed E-state index contributed by atoms with van der Waals surface area (Å²) in [7, 11) is 0. The zero-order valence-electron chi connectivity index (χ0n) is 16.1. The van der Waals surface area contributed by atoms with Crippen LogP contribution in [0.1, 0.15) is 35.9 Å². The van der Waals surface area contributed by atoms with Crippen LogP contribution in [0.15, 0.2) is 60.7 Å². The van der Waals surface area contributed by atoms with E-state index in [2.05, 4.69) is 18.3 Å². The lowest BCUT2D eigenvalue weighted by Gasteiger charge is -2.06. The molecule has 0 saturated heterocycles. The summed E-state index contributed by atoms with van der Waals surface area (Å²) in [6, 6.07) is 20.2. The minimum Gasteiger partial charge on any atom is -0.316 e. The summed E-state index contributed by atoms with van der Waals surface area (Å²) in [5.41, 5.74) is 4.38. The van der Waals surface area contributed by atoms with Gasteiger partial charge >= 0.3 is 0 Å². The zero-order chi connectivity index (χ0) is 20.1. The number of carbonyl (C=O) groups excluding carboxylic acids is 1. The summed E-state index contributed by atoms with van der Waals surface area (Å²) in [4.78, 5) is 16.3.